The first-order chi connectivity index (χ1) is 12.8. The SMILES string of the molecule is Cc1nc2n(n1)C[C@@H](NCc1ccccc1OCc1ccccn1)CC2. The molecule has 26 heavy (non-hydrogen) atoms. The first kappa shape index (κ1) is 16.7. The van der Waals surface area contributed by atoms with Crippen molar-refractivity contribution in [2.45, 2.75) is 45.5 Å². The molecule has 0 unspecified atom stereocenters. The Kier molecular flexibility index (Phi) is 4.93. The molecule has 0 saturated carbocycles. The number of aryl methyl sites for hydroxylation is 2. The van der Waals surface area contributed by atoms with Gasteiger partial charge in [-0.3, -0.25) is 4.98 Å². The zero-order chi connectivity index (χ0) is 17.8. The Bertz CT molecular complexity index is 862. The second-order valence-corrected chi connectivity index (χ2v) is 6.59. The van der Waals surface area contributed by atoms with E-state index < -0.39 is 0 Å². The van der Waals surface area contributed by atoms with Gasteiger partial charge in [0.25, 0.3) is 0 Å². The second-order valence-electron chi connectivity index (χ2n) is 6.59. The zero-order valence-corrected chi connectivity index (χ0v) is 14.9. The fourth-order valence-electron chi connectivity index (χ4n) is 3.28. The van der Waals surface area contributed by atoms with Gasteiger partial charge in [0, 0.05) is 30.8 Å². The molecule has 0 spiro atoms. The Balaban J connectivity index is 1.36. The van der Waals surface area contributed by atoms with Crippen LogP contribution in [0, 0.1) is 6.92 Å². The fourth-order valence-corrected chi connectivity index (χ4v) is 3.28. The average molecular weight is 349 g/mol. The van der Waals surface area contributed by atoms with Gasteiger partial charge in [0.05, 0.1) is 12.2 Å². The standard InChI is InChI=1S/C20H23N5O/c1-15-23-20-10-9-17(13-25(20)24-15)22-12-16-6-2-3-8-19(16)26-14-18-7-4-5-11-21-18/h2-8,11,17,22H,9-10,12-14H2,1H3/t17-/m0/s1. The van der Waals surface area contributed by atoms with E-state index in [1.54, 1.807) is 6.20 Å². The number of hydrogen-bond acceptors (Lipinski definition) is 5. The van der Waals surface area contributed by atoms with Crippen molar-refractivity contribution in [3.05, 3.63) is 71.6 Å². The zero-order valence-electron chi connectivity index (χ0n) is 14.9. The van der Waals surface area contributed by atoms with Crippen LogP contribution in [0.5, 0.6) is 5.75 Å². The second kappa shape index (κ2) is 7.66. The third kappa shape index (κ3) is 3.91. The molecule has 0 fully saturated rings. The van der Waals surface area contributed by atoms with Crippen LogP contribution in [0.25, 0.3) is 0 Å². The van der Waals surface area contributed by atoms with Crippen LogP contribution >= 0.6 is 0 Å². The Morgan fingerprint density at radius 2 is 2.08 bits per heavy atom. The normalized spacial score (nSPS) is 16.3. The lowest BCUT2D eigenvalue weighted by Crippen LogP contribution is -2.37. The van der Waals surface area contributed by atoms with Crippen LogP contribution in [0.1, 0.15) is 29.3 Å². The third-order valence-corrected chi connectivity index (χ3v) is 4.62. The molecule has 0 aliphatic carbocycles. The summed E-state index contributed by atoms with van der Waals surface area (Å²) in [4.78, 5) is 8.78. The summed E-state index contributed by atoms with van der Waals surface area (Å²) in [6, 6.07) is 14.4. The van der Waals surface area contributed by atoms with E-state index in [1.165, 1.54) is 0 Å². The maximum atomic E-state index is 5.99. The lowest BCUT2D eigenvalue weighted by molar-refractivity contribution is 0.295. The minimum absolute atomic E-state index is 0.396. The molecule has 0 radical (unpaired) electrons. The lowest BCUT2D eigenvalue weighted by atomic mass is 10.1. The quantitative estimate of drug-likeness (QED) is 0.741. The number of para-hydroxylation sites is 1. The van der Waals surface area contributed by atoms with E-state index in [4.69, 9.17) is 4.74 Å². The maximum Gasteiger partial charge on any atom is 0.147 e. The molecule has 3 aromatic rings. The van der Waals surface area contributed by atoms with Crippen molar-refractivity contribution in [3.8, 4) is 5.75 Å². The fraction of sp³-hybridized carbons (Fsp3) is 0.350. The maximum absolute atomic E-state index is 5.99. The van der Waals surface area contributed by atoms with Crippen molar-refractivity contribution in [2.75, 3.05) is 0 Å². The molecule has 2 aromatic heterocycles. The van der Waals surface area contributed by atoms with E-state index in [9.17, 15) is 0 Å². The number of benzene rings is 1. The van der Waals surface area contributed by atoms with E-state index in [0.29, 0.717) is 12.6 Å². The van der Waals surface area contributed by atoms with Gasteiger partial charge in [0.2, 0.25) is 0 Å². The van der Waals surface area contributed by atoms with Crippen LogP contribution in [0.15, 0.2) is 48.7 Å². The predicted octanol–water partition coefficient (Wildman–Crippen LogP) is 2.67. The van der Waals surface area contributed by atoms with Crippen LogP contribution in [0.2, 0.25) is 0 Å². The molecule has 0 saturated heterocycles. The smallest absolute Gasteiger partial charge is 0.147 e. The van der Waals surface area contributed by atoms with Crippen LogP contribution in [0.4, 0.5) is 0 Å². The minimum atomic E-state index is 0.396. The van der Waals surface area contributed by atoms with E-state index in [1.807, 2.05) is 48.0 Å². The number of rotatable bonds is 6. The molecule has 1 atom stereocenters. The molecule has 4 rings (SSSR count). The molecule has 0 bridgehead atoms. The van der Waals surface area contributed by atoms with Crippen molar-refractivity contribution in [1.29, 1.82) is 0 Å². The number of hydrogen-bond donors (Lipinski definition) is 1. The van der Waals surface area contributed by atoms with Crippen molar-refractivity contribution in [3.63, 3.8) is 0 Å². The van der Waals surface area contributed by atoms with Crippen LogP contribution in [-0.2, 0) is 26.1 Å². The minimum Gasteiger partial charge on any atom is -0.487 e. The van der Waals surface area contributed by atoms with Gasteiger partial charge < -0.3 is 10.1 Å². The van der Waals surface area contributed by atoms with E-state index in [2.05, 4.69) is 26.4 Å². The first-order valence-electron chi connectivity index (χ1n) is 9.02. The number of nitrogens with one attached hydrogen (secondary N) is 1. The molecule has 1 aromatic carbocycles. The third-order valence-electron chi connectivity index (χ3n) is 4.62. The average Bonchev–Trinajstić information content (AvgIpc) is 3.05. The van der Waals surface area contributed by atoms with E-state index >= 15 is 0 Å². The van der Waals surface area contributed by atoms with Crippen molar-refractivity contribution in [2.24, 2.45) is 0 Å². The van der Waals surface area contributed by atoms with Crippen LogP contribution in [-0.4, -0.2) is 25.8 Å². The molecule has 1 aliphatic heterocycles. The molecule has 6 nitrogen and oxygen atoms in total. The number of nitrogens with zero attached hydrogens (tertiary/aromatic N) is 4. The summed E-state index contributed by atoms with van der Waals surface area (Å²) in [5.74, 6) is 2.85. The number of pyridine rings is 1. The van der Waals surface area contributed by atoms with Crippen molar-refractivity contribution < 1.29 is 4.74 Å². The van der Waals surface area contributed by atoms with Gasteiger partial charge in [0.15, 0.2) is 0 Å². The van der Waals surface area contributed by atoms with E-state index in [0.717, 1.165) is 54.6 Å². The highest BCUT2D eigenvalue weighted by Crippen LogP contribution is 2.20. The predicted molar refractivity (Wildman–Crippen MR) is 98.7 cm³/mol. The van der Waals surface area contributed by atoms with Gasteiger partial charge in [-0.1, -0.05) is 24.3 Å². The molecule has 6 heteroatoms. The summed E-state index contributed by atoms with van der Waals surface area (Å²) in [6.45, 7) is 4.06. The Morgan fingerprint density at radius 1 is 1.19 bits per heavy atom. The topological polar surface area (TPSA) is 64.9 Å². The van der Waals surface area contributed by atoms with Crippen LogP contribution < -0.4 is 10.1 Å². The molecular formula is C20H23N5O. The highest BCUT2D eigenvalue weighted by molar-refractivity contribution is 5.33. The largest absolute Gasteiger partial charge is 0.487 e. The summed E-state index contributed by atoms with van der Waals surface area (Å²) < 4.78 is 8.02. The highest BCUT2D eigenvalue weighted by atomic mass is 16.5. The van der Waals surface area contributed by atoms with Gasteiger partial charge in [-0.15, -0.1) is 0 Å². The summed E-state index contributed by atoms with van der Waals surface area (Å²) in [6.07, 6.45) is 3.83. The lowest BCUT2D eigenvalue weighted by Gasteiger charge is -2.24. The van der Waals surface area contributed by atoms with Gasteiger partial charge in [0.1, 0.15) is 24.0 Å². The number of ether oxygens (including phenoxy) is 1. The van der Waals surface area contributed by atoms with Crippen molar-refractivity contribution >= 4 is 0 Å². The summed E-state index contributed by atoms with van der Waals surface area (Å²) >= 11 is 0. The Morgan fingerprint density at radius 3 is 2.96 bits per heavy atom. The number of fused-ring (bicyclic) bond motifs is 1. The monoisotopic (exact) mass is 349 g/mol. The summed E-state index contributed by atoms with van der Waals surface area (Å²) in [7, 11) is 0. The molecule has 134 valence electrons. The Labute approximate surface area is 153 Å². The molecule has 1 aliphatic rings. The van der Waals surface area contributed by atoms with Gasteiger partial charge in [-0.05, 0) is 31.5 Å². The molecule has 1 N–H and O–H groups in total. The molecular weight excluding hydrogens is 326 g/mol. The molecule has 3 heterocycles. The molecule has 0 amide bonds. The van der Waals surface area contributed by atoms with Gasteiger partial charge in [-0.2, -0.15) is 5.10 Å². The van der Waals surface area contributed by atoms with Gasteiger partial charge >= 0.3 is 0 Å². The first-order valence-corrected chi connectivity index (χ1v) is 9.02. The summed E-state index contributed by atoms with van der Waals surface area (Å²) in [5, 5.41) is 8.11. The van der Waals surface area contributed by atoms with Gasteiger partial charge in [-0.25, -0.2) is 9.67 Å². The summed E-state index contributed by atoms with van der Waals surface area (Å²) in [5.41, 5.74) is 2.08. The van der Waals surface area contributed by atoms with E-state index in [-0.39, 0.29) is 0 Å². The highest BCUT2D eigenvalue weighted by Gasteiger charge is 2.20. The van der Waals surface area contributed by atoms with Crippen molar-refractivity contribution in [1.82, 2.24) is 25.1 Å². The number of aromatic nitrogens is 4. The Hall–Kier alpha value is -2.73. The van der Waals surface area contributed by atoms with Crippen LogP contribution in [0.3, 0.4) is 0 Å².